The summed E-state index contributed by atoms with van der Waals surface area (Å²) in [4.78, 5) is 29.8. The number of nitro groups is 1. The number of amides is 1. The highest BCUT2D eigenvalue weighted by Gasteiger charge is 2.23. The first kappa shape index (κ1) is 14.7. The van der Waals surface area contributed by atoms with Crippen molar-refractivity contribution in [2.75, 3.05) is 0 Å². The number of carbonyl (C=O) groups excluding carboxylic acids is 1. The summed E-state index contributed by atoms with van der Waals surface area (Å²) in [5.74, 6) is 0.148. The molecule has 7 nitrogen and oxygen atoms in total. The first-order valence-corrected chi connectivity index (χ1v) is 6.58. The summed E-state index contributed by atoms with van der Waals surface area (Å²) in [6.07, 6.45) is 3.89. The van der Waals surface area contributed by atoms with E-state index in [2.05, 4.69) is 15.3 Å². The molecule has 0 aliphatic heterocycles. The van der Waals surface area contributed by atoms with E-state index in [0.717, 1.165) is 5.56 Å². The normalized spacial score (nSPS) is 11.9. The Morgan fingerprint density at radius 3 is 2.86 bits per heavy atom. The van der Waals surface area contributed by atoms with Crippen LogP contribution in [0.3, 0.4) is 0 Å². The quantitative estimate of drug-likeness (QED) is 0.652. The minimum Gasteiger partial charge on any atom is -0.347 e. The van der Waals surface area contributed by atoms with Gasteiger partial charge in [-0.25, -0.2) is 4.98 Å². The fourth-order valence-electron chi connectivity index (χ4n) is 2.06. The van der Waals surface area contributed by atoms with Gasteiger partial charge in [-0.3, -0.25) is 14.9 Å². The summed E-state index contributed by atoms with van der Waals surface area (Å²) in [7, 11) is 0. The molecule has 1 aromatic heterocycles. The standard InChI is InChI=1S/C14H16N4O3/c1-3-11(13-15-6-7-16-13)17-14(19)10-8-9(2)4-5-12(10)18(20)21/h4-8,11H,3H2,1-2H3,(H,15,16)(H,17,19). The molecular weight excluding hydrogens is 272 g/mol. The van der Waals surface area contributed by atoms with Crippen LogP contribution < -0.4 is 5.32 Å². The minimum atomic E-state index is -0.553. The van der Waals surface area contributed by atoms with Gasteiger partial charge < -0.3 is 10.3 Å². The number of aromatic nitrogens is 2. The molecule has 1 unspecified atom stereocenters. The van der Waals surface area contributed by atoms with Crippen LogP contribution in [0.5, 0.6) is 0 Å². The Kier molecular flexibility index (Phi) is 4.32. The zero-order valence-electron chi connectivity index (χ0n) is 11.8. The molecule has 0 saturated heterocycles. The number of nitro benzene ring substituents is 1. The van der Waals surface area contributed by atoms with E-state index < -0.39 is 10.8 Å². The fourth-order valence-corrected chi connectivity index (χ4v) is 2.06. The molecule has 1 heterocycles. The van der Waals surface area contributed by atoms with Gasteiger partial charge in [0.2, 0.25) is 0 Å². The second-order valence-corrected chi connectivity index (χ2v) is 4.69. The van der Waals surface area contributed by atoms with Gasteiger partial charge in [0.05, 0.1) is 11.0 Å². The van der Waals surface area contributed by atoms with Gasteiger partial charge in [-0.15, -0.1) is 0 Å². The maximum absolute atomic E-state index is 12.3. The average molecular weight is 288 g/mol. The van der Waals surface area contributed by atoms with E-state index in [1.807, 2.05) is 6.92 Å². The zero-order valence-corrected chi connectivity index (χ0v) is 11.8. The molecule has 2 aromatic rings. The Bertz CT molecular complexity index is 652. The predicted octanol–water partition coefficient (Wildman–Crippen LogP) is 2.51. The molecule has 0 aliphatic carbocycles. The summed E-state index contributed by atoms with van der Waals surface area (Å²) in [6, 6.07) is 4.16. The van der Waals surface area contributed by atoms with Crippen molar-refractivity contribution in [2.24, 2.45) is 0 Å². The number of nitrogens with zero attached hydrogens (tertiary/aromatic N) is 2. The van der Waals surface area contributed by atoms with E-state index >= 15 is 0 Å². The van der Waals surface area contributed by atoms with Crippen LogP contribution in [0.4, 0.5) is 5.69 Å². The summed E-state index contributed by atoms with van der Waals surface area (Å²) >= 11 is 0. The lowest BCUT2D eigenvalue weighted by Crippen LogP contribution is -2.29. The molecular formula is C14H16N4O3. The SMILES string of the molecule is CCC(NC(=O)c1cc(C)ccc1[N+](=O)[O-])c1ncc[nH]1. The summed E-state index contributed by atoms with van der Waals surface area (Å²) in [5, 5.41) is 13.8. The number of hydrogen-bond acceptors (Lipinski definition) is 4. The number of aromatic amines is 1. The Hall–Kier alpha value is -2.70. The Labute approximate surface area is 121 Å². The number of benzene rings is 1. The van der Waals surface area contributed by atoms with Crippen LogP contribution in [-0.2, 0) is 0 Å². The van der Waals surface area contributed by atoms with Crippen molar-refractivity contribution in [2.45, 2.75) is 26.3 Å². The van der Waals surface area contributed by atoms with Gasteiger partial charge in [0, 0.05) is 18.5 Å². The molecule has 0 aliphatic rings. The van der Waals surface area contributed by atoms with Crippen molar-refractivity contribution in [3.63, 3.8) is 0 Å². The highest BCUT2D eigenvalue weighted by atomic mass is 16.6. The molecule has 0 radical (unpaired) electrons. The maximum Gasteiger partial charge on any atom is 0.282 e. The highest BCUT2D eigenvalue weighted by molar-refractivity contribution is 5.98. The highest BCUT2D eigenvalue weighted by Crippen LogP contribution is 2.21. The third-order valence-corrected chi connectivity index (χ3v) is 3.16. The largest absolute Gasteiger partial charge is 0.347 e. The Morgan fingerprint density at radius 1 is 1.52 bits per heavy atom. The van der Waals surface area contributed by atoms with Crippen LogP contribution in [0, 0.1) is 17.0 Å². The second-order valence-electron chi connectivity index (χ2n) is 4.69. The van der Waals surface area contributed by atoms with Gasteiger partial charge in [-0.1, -0.05) is 13.0 Å². The van der Waals surface area contributed by atoms with Gasteiger partial charge in [0.25, 0.3) is 11.6 Å². The molecule has 0 bridgehead atoms. The molecule has 2 N–H and O–H groups in total. The van der Waals surface area contributed by atoms with Crippen LogP contribution in [0.25, 0.3) is 0 Å². The summed E-state index contributed by atoms with van der Waals surface area (Å²) in [6.45, 7) is 3.68. The third-order valence-electron chi connectivity index (χ3n) is 3.16. The van der Waals surface area contributed by atoms with E-state index in [-0.39, 0.29) is 17.3 Å². The molecule has 2 rings (SSSR count). The number of carbonyl (C=O) groups is 1. The van der Waals surface area contributed by atoms with Crippen molar-refractivity contribution < 1.29 is 9.72 Å². The van der Waals surface area contributed by atoms with Gasteiger partial charge >= 0.3 is 0 Å². The smallest absolute Gasteiger partial charge is 0.282 e. The average Bonchev–Trinajstić information content (AvgIpc) is 2.98. The predicted molar refractivity (Wildman–Crippen MR) is 76.9 cm³/mol. The number of H-pyrrole nitrogens is 1. The monoisotopic (exact) mass is 288 g/mol. The van der Waals surface area contributed by atoms with Gasteiger partial charge in [-0.05, 0) is 25.0 Å². The molecule has 0 spiro atoms. The second kappa shape index (κ2) is 6.17. The first-order chi connectivity index (χ1) is 10.0. The molecule has 21 heavy (non-hydrogen) atoms. The number of aryl methyl sites for hydroxylation is 1. The lowest BCUT2D eigenvalue weighted by Gasteiger charge is -2.15. The van der Waals surface area contributed by atoms with E-state index in [4.69, 9.17) is 0 Å². The van der Waals surface area contributed by atoms with Crippen molar-refractivity contribution in [3.05, 3.63) is 57.7 Å². The van der Waals surface area contributed by atoms with E-state index in [0.29, 0.717) is 12.2 Å². The molecule has 1 atom stereocenters. The van der Waals surface area contributed by atoms with Crippen molar-refractivity contribution in [3.8, 4) is 0 Å². The van der Waals surface area contributed by atoms with Crippen molar-refractivity contribution >= 4 is 11.6 Å². The molecule has 1 amide bonds. The number of imidazole rings is 1. The molecule has 7 heteroatoms. The van der Waals surface area contributed by atoms with Crippen molar-refractivity contribution in [1.29, 1.82) is 0 Å². The summed E-state index contributed by atoms with van der Waals surface area (Å²) in [5.41, 5.74) is 0.647. The minimum absolute atomic E-state index is 0.0602. The molecule has 0 fully saturated rings. The van der Waals surface area contributed by atoms with E-state index in [9.17, 15) is 14.9 Å². The topological polar surface area (TPSA) is 101 Å². The van der Waals surface area contributed by atoms with Crippen LogP contribution in [0.1, 0.15) is 41.1 Å². The third kappa shape index (κ3) is 3.25. The fraction of sp³-hybridized carbons (Fsp3) is 0.286. The Balaban J connectivity index is 2.27. The van der Waals surface area contributed by atoms with Gasteiger partial charge in [-0.2, -0.15) is 0 Å². The van der Waals surface area contributed by atoms with Gasteiger partial charge in [0.1, 0.15) is 11.4 Å². The lowest BCUT2D eigenvalue weighted by atomic mass is 10.1. The molecule has 1 aromatic carbocycles. The van der Waals surface area contributed by atoms with Crippen LogP contribution in [0.2, 0.25) is 0 Å². The first-order valence-electron chi connectivity index (χ1n) is 6.58. The zero-order chi connectivity index (χ0) is 15.4. The van der Waals surface area contributed by atoms with Gasteiger partial charge in [0.15, 0.2) is 0 Å². The van der Waals surface area contributed by atoms with Crippen LogP contribution in [0.15, 0.2) is 30.6 Å². The molecule has 110 valence electrons. The van der Waals surface area contributed by atoms with E-state index in [1.54, 1.807) is 25.4 Å². The number of hydrogen-bond donors (Lipinski definition) is 2. The Morgan fingerprint density at radius 2 is 2.29 bits per heavy atom. The maximum atomic E-state index is 12.3. The number of nitrogens with one attached hydrogen (secondary N) is 2. The lowest BCUT2D eigenvalue weighted by molar-refractivity contribution is -0.385. The van der Waals surface area contributed by atoms with Crippen LogP contribution >= 0.6 is 0 Å². The summed E-state index contributed by atoms with van der Waals surface area (Å²) < 4.78 is 0. The molecule has 0 saturated carbocycles. The number of rotatable bonds is 5. The van der Waals surface area contributed by atoms with Crippen LogP contribution in [-0.4, -0.2) is 20.8 Å². The van der Waals surface area contributed by atoms with Crippen molar-refractivity contribution in [1.82, 2.24) is 15.3 Å². The van der Waals surface area contributed by atoms with E-state index in [1.165, 1.54) is 12.1 Å².